The van der Waals surface area contributed by atoms with E-state index < -0.39 is 23.3 Å². The fourth-order valence-corrected chi connectivity index (χ4v) is 4.18. The molecule has 0 spiro atoms. The second-order valence-electron chi connectivity index (χ2n) is 7.42. The van der Waals surface area contributed by atoms with E-state index in [0.717, 1.165) is 6.42 Å². The van der Waals surface area contributed by atoms with E-state index in [9.17, 15) is 14.7 Å². The number of nitrogens with one attached hydrogen (secondary N) is 2. The second kappa shape index (κ2) is 7.15. The van der Waals surface area contributed by atoms with Gasteiger partial charge in [-0.1, -0.05) is 19.1 Å². The van der Waals surface area contributed by atoms with Crippen LogP contribution in [0.4, 0.5) is 4.79 Å². The van der Waals surface area contributed by atoms with Gasteiger partial charge in [-0.3, -0.25) is 4.79 Å². The summed E-state index contributed by atoms with van der Waals surface area (Å²) in [4.78, 5) is 23.3. The number of carbonyl (C=O) groups is 2. The Morgan fingerprint density at radius 3 is 2.35 bits per heavy atom. The maximum atomic E-state index is 12.3. The van der Waals surface area contributed by atoms with Gasteiger partial charge < -0.3 is 25.6 Å². The van der Waals surface area contributed by atoms with Crippen LogP contribution in [-0.2, 0) is 11.2 Å². The van der Waals surface area contributed by atoms with Crippen LogP contribution in [0.2, 0.25) is 0 Å². The molecule has 0 radical (unpaired) electrons. The predicted molar refractivity (Wildman–Crippen MR) is 95.2 cm³/mol. The first kappa shape index (κ1) is 18.5. The number of carboxylic acid groups (broad SMARTS) is 1. The van der Waals surface area contributed by atoms with Crippen LogP contribution in [0.25, 0.3) is 0 Å². The fourth-order valence-electron chi connectivity index (χ4n) is 4.18. The van der Waals surface area contributed by atoms with Crippen LogP contribution in [0.1, 0.15) is 44.6 Å². The summed E-state index contributed by atoms with van der Waals surface area (Å²) in [6, 6.07) is 7.64. The van der Waals surface area contributed by atoms with Crippen LogP contribution < -0.4 is 15.4 Å². The SMILES string of the molecule is CCc1ccc(OCC(=O)NC23CCC(NC(=O)O)(CC2)C(O)C3)cc1. The highest BCUT2D eigenvalue weighted by atomic mass is 16.5. The van der Waals surface area contributed by atoms with Gasteiger partial charge in [-0.15, -0.1) is 0 Å². The standard InChI is InChI=1S/C19H26N2O5/c1-2-13-3-5-14(6-4-13)26-12-16(23)20-18-7-9-19(10-8-18,15(22)11-18)21-17(24)25/h3-6,15,21-22H,2,7-12H2,1H3,(H,20,23)(H,24,25). The van der Waals surface area contributed by atoms with Gasteiger partial charge in [0.05, 0.1) is 11.6 Å². The third-order valence-electron chi connectivity index (χ3n) is 5.78. The fraction of sp³-hybridized carbons (Fsp3) is 0.579. The number of fused-ring (bicyclic) bond motifs is 3. The van der Waals surface area contributed by atoms with Crippen molar-refractivity contribution in [3.63, 3.8) is 0 Å². The maximum Gasteiger partial charge on any atom is 0.405 e. The van der Waals surface area contributed by atoms with E-state index in [-0.39, 0.29) is 12.5 Å². The average molecular weight is 362 g/mol. The molecule has 3 aliphatic carbocycles. The first-order valence-corrected chi connectivity index (χ1v) is 9.08. The molecule has 0 aliphatic heterocycles. The molecule has 4 rings (SSSR count). The minimum Gasteiger partial charge on any atom is -0.484 e. The molecule has 3 fully saturated rings. The normalized spacial score (nSPS) is 29.8. The topological polar surface area (TPSA) is 108 Å². The number of benzene rings is 1. The molecule has 2 amide bonds. The van der Waals surface area contributed by atoms with Gasteiger partial charge in [-0.05, 0) is 56.2 Å². The molecule has 3 saturated carbocycles. The Bertz CT molecular complexity index is 665. The zero-order valence-corrected chi connectivity index (χ0v) is 15.0. The lowest BCUT2D eigenvalue weighted by Crippen LogP contribution is -2.70. The first-order chi connectivity index (χ1) is 12.4. The van der Waals surface area contributed by atoms with Crippen LogP contribution in [0.5, 0.6) is 5.75 Å². The average Bonchev–Trinajstić information content (AvgIpc) is 2.61. The molecule has 0 aromatic heterocycles. The highest BCUT2D eigenvalue weighted by Crippen LogP contribution is 2.47. The quantitative estimate of drug-likeness (QED) is 0.617. The van der Waals surface area contributed by atoms with E-state index in [0.29, 0.717) is 37.9 Å². The molecule has 7 heteroatoms. The highest BCUT2D eigenvalue weighted by Gasteiger charge is 2.55. The van der Waals surface area contributed by atoms with Crippen molar-refractivity contribution >= 4 is 12.0 Å². The summed E-state index contributed by atoms with van der Waals surface area (Å²) in [5.41, 5.74) is -0.0542. The van der Waals surface area contributed by atoms with E-state index in [4.69, 9.17) is 9.84 Å². The van der Waals surface area contributed by atoms with Crippen molar-refractivity contribution in [2.24, 2.45) is 0 Å². The molecule has 0 saturated heterocycles. The van der Waals surface area contributed by atoms with Crippen LogP contribution in [-0.4, -0.2) is 46.0 Å². The monoisotopic (exact) mass is 362 g/mol. The van der Waals surface area contributed by atoms with E-state index in [1.54, 1.807) is 0 Å². The predicted octanol–water partition coefficient (Wildman–Crippen LogP) is 1.83. The summed E-state index contributed by atoms with van der Waals surface area (Å²) in [7, 11) is 0. The molecule has 1 aromatic rings. The number of hydrogen-bond acceptors (Lipinski definition) is 4. The molecule has 0 heterocycles. The van der Waals surface area contributed by atoms with Crippen molar-refractivity contribution in [2.75, 3.05) is 6.61 Å². The zero-order valence-electron chi connectivity index (χ0n) is 15.0. The lowest BCUT2D eigenvalue weighted by Gasteiger charge is -2.55. The number of carbonyl (C=O) groups excluding carboxylic acids is 1. The smallest absolute Gasteiger partial charge is 0.405 e. The molecular formula is C19H26N2O5. The van der Waals surface area contributed by atoms with Crippen LogP contribution in [0.15, 0.2) is 24.3 Å². The summed E-state index contributed by atoms with van der Waals surface area (Å²) >= 11 is 0. The Morgan fingerprint density at radius 1 is 1.15 bits per heavy atom. The number of aliphatic hydroxyl groups excluding tert-OH is 1. The molecule has 3 aliphatic rings. The summed E-state index contributed by atoms with van der Waals surface area (Å²) < 4.78 is 5.55. The minimum absolute atomic E-state index is 0.0815. The molecule has 1 atom stereocenters. The van der Waals surface area contributed by atoms with Crippen LogP contribution in [0.3, 0.4) is 0 Å². The van der Waals surface area contributed by atoms with Crippen molar-refractivity contribution < 1.29 is 24.5 Å². The lowest BCUT2D eigenvalue weighted by atomic mass is 9.60. The summed E-state index contributed by atoms with van der Waals surface area (Å²) in [6.45, 7) is 1.99. The van der Waals surface area contributed by atoms with E-state index in [1.165, 1.54) is 5.56 Å². The Morgan fingerprint density at radius 2 is 1.81 bits per heavy atom. The molecular weight excluding hydrogens is 336 g/mol. The van der Waals surface area contributed by atoms with Gasteiger partial charge in [0.1, 0.15) is 5.75 Å². The second-order valence-corrected chi connectivity index (χ2v) is 7.42. The van der Waals surface area contributed by atoms with Gasteiger partial charge in [0.25, 0.3) is 5.91 Å². The highest BCUT2D eigenvalue weighted by molar-refractivity contribution is 5.78. The molecule has 26 heavy (non-hydrogen) atoms. The molecule has 7 nitrogen and oxygen atoms in total. The summed E-state index contributed by atoms with van der Waals surface area (Å²) in [5.74, 6) is 0.421. The number of ether oxygens (including phenoxy) is 1. The van der Waals surface area contributed by atoms with Crippen molar-refractivity contribution in [2.45, 2.75) is 62.6 Å². The lowest BCUT2D eigenvalue weighted by molar-refractivity contribution is -0.129. The maximum absolute atomic E-state index is 12.3. The first-order valence-electron chi connectivity index (χ1n) is 9.08. The molecule has 1 unspecified atom stereocenters. The Labute approximate surface area is 152 Å². The van der Waals surface area contributed by atoms with Crippen molar-refractivity contribution in [3.8, 4) is 5.75 Å². The molecule has 142 valence electrons. The molecule has 2 bridgehead atoms. The van der Waals surface area contributed by atoms with Gasteiger partial charge in [0, 0.05) is 5.54 Å². The number of hydrogen-bond donors (Lipinski definition) is 4. The third kappa shape index (κ3) is 3.77. The number of amides is 2. The van der Waals surface area contributed by atoms with Crippen molar-refractivity contribution in [1.29, 1.82) is 0 Å². The summed E-state index contributed by atoms with van der Waals surface area (Å²) in [5, 5.41) is 24.9. The zero-order chi connectivity index (χ0) is 18.8. The minimum atomic E-state index is -1.12. The molecule has 4 N–H and O–H groups in total. The van der Waals surface area contributed by atoms with Gasteiger partial charge in [0.2, 0.25) is 0 Å². The van der Waals surface area contributed by atoms with E-state index in [1.807, 2.05) is 24.3 Å². The van der Waals surface area contributed by atoms with Crippen molar-refractivity contribution in [3.05, 3.63) is 29.8 Å². The van der Waals surface area contributed by atoms with Crippen LogP contribution in [0, 0.1) is 0 Å². The number of aryl methyl sites for hydroxylation is 1. The number of aliphatic hydroxyl groups is 1. The van der Waals surface area contributed by atoms with Crippen molar-refractivity contribution in [1.82, 2.24) is 10.6 Å². The number of rotatable bonds is 6. The van der Waals surface area contributed by atoms with E-state index >= 15 is 0 Å². The third-order valence-corrected chi connectivity index (χ3v) is 5.78. The van der Waals surface area contributed by atoms with Gasteiger partial charge in [-0.25, -0.2) is 4.79 Å². The largest absolute Gasteiger partial charge is 0.484 e. The van der Waals surface area contributed by atoms with Gasteiger partial charge >= 0.3 is 6.09 Å². The Hall–Kier alpha value is -2.28. The van der Waals surface area contributed by atoms with E-state index in [2.05, 4.69) is 17.6 Å². The Kier molecular flexibility index (Phi) is 5.09. The molecule has 1 aromatic carbocycles. The summed E-state index contributed by atoms with van der Waals surface area (Å²) in [6.07, 6.45) is 1.69. The van der Waals surface area contributed by atoms with Gasteiger partial charge in [-0.2, -0.15) is 0 Å². The Balaban J connectivity index is 1.54. The van der Waals surface area contributed by atoms with Crippen LogP contribution >= 0.6 is 0 Å². The van der Waals surface area contributed by atoms with Gasteiger partial charge in [0.15, 0.2) is 6.61 Å².